The first kappa shape index (κ1) is 17.9. The number of H-pyrrole nitrogens is 1. The second-order valence-corrected chi connectivity index (χ2v) is 6.75. The van der Waals surface area contributed by atoms with Gasteiger partial charge in [0, 0.05) is 47.3 Å². The molecular formula is C23H23N3O2. The number of carbonyl (C=O) groups excluding carboxylic acids is 1. The number of nitrogens with one attached hydrogen (secondary N) is 2. The van der Waals surface area contributed by atoms with Crippen molar-refractivity contribution in [3.63, 3.8) is 0 Å². The van der Waals surface area contributed by atoms with E-state index in [1.165, 1.54) is 5.52 Å². The van der Waals surface area contributed by atoms with Gasteiger partial charge in [0.1, 0.15) is 5.75 Å². The number of hydrogen-bond donors (Lipinski definition) is 2. The van der Waals surface area contributed by atoms with Crippen LogP contribution in [0.5, 0.6) is 5.75 Å². The van der Waals surface area contributed by atoms with Crippen LogP contribution in [-0.2, 0) is 6.54 Å². The topological polar surface area (TPSA) is 59.0 Å². The Labute approximate surface area is 164 Å². The molecule has 0 bridgehead atoms. The standard InChI is InChI=1S/C23H23N3O2/c1-3-10-26-11-9-17-12-18(7-8-22(17)26)25-23(27)21-15-24-14-20(21)16-5-4-6-19(13-16)28-2/h4-9,11-15,24H,3,10H2,1-2H3,(H,25,27). The molecule has 0 saturated carbocycles. The van der Waals surface area contributed by atoms with Crippen LogP contribution >= 0.6 is 0 Å². The van der Waals surface area contributed by atoms with Gasteiger partial charge >= 0.3 is 0 Å². The van der Waals surface area contributed by atoms with E-state index in [1.54, 1.807) is 13.3 Å². The molecule has 4 rings (SSSR count). The summed E-state index contributed by atoms with van der Waals surface area (Å²) >= 11 is 0. The minimum Gasteiger partial charge on any atom is -0.497 e. The zero-order valence-corrected chi connectivity index (χ0v) is 16.0. The smallest absolute Gasteiger partial charge is 0.257 e. The molecule has 4 aromatic rings. The van der Waals surface area contributed by atoms with E-state index >= 15 is 0 Å². The molecule has 0 aliphatic rings. The number of carbonyl (C=O) groups is 1. The van der Waals surface area contributed by atoms with Gasteiger partial charge in [0.05, 0.1) is 12.7 Å². The van der Waals surface area contributed by atoms with Crippen molar-refractivity contribution in [1.29, 1.82) is 0 Å². The highest BCUT2D eigenvalue weighted by Gasteiger charge is 2.15. The lowest BCUT2D eigenvalue weighted by Gasteiger charge is -2.09. The molecule has 1 amide bonds. The van der Waals surface area contributed by atoms with E-state index < -0.39 is 0 Å². The Hall–Kier alpha value is -3.47. The number of hydrogen-bond acceptors (Lipinski definition) is 2. The number of fused-ring (bicyclic) bond motifs is 1. The summed E-state index contributed by atoms with van der Waals surface area (Å²) < 4.78 is 7.53. The van der Waals surface area contributed by atoms with Crippen molar-refractivity contribution in [1.82, 2.24) is 9.55 Å². The molecule has 142 valence electrons. The van der Waals surface area contributed by atoms with E-state index in [2.05, 4.69) is 40.1 Å². The van der Waals surface area contributed by atoms with E-state index in [0.717, 1.165) is 40.9 Å². The molecule has 5 heteroatoms. The van der Waals surface area contributed by atoms with Gasteiger partial charge in [-0.2, -0.15) is 0 Å². The molecule has 28 heavy (non-hydrogen) atoms. The van der Waals surface area contributed by atoms with Gasteiger partial charge in [-0.05, 0) is 48.4 Å². The Morgan fingerprint density at radius 1 is 1.14 bits per heavy atom. The number of methoxy groups -OCH3 is 1. The van der Waals surface area contributed by atoms with Crippen LogP contribution in [0.1, 0.15) is 23.7 Å². The Bertz CT molecular complexity index is 1120. The zero-order valence-electron chi connectivity index (χ0n) is 16.0. The molecule has 0 aliphatic carbocycles. The molecule has 0 atom stereocenters. The molecule has 2 N–H and O–H groups in total. The van der Waals surface area contributed by atoms with Gasteiger partial charge in [-0.15, -0.1) is 0 Å². The number of benzene rings is 2. The molecule has 0 unspecified atom stereocenters. The van der Waals surface area contributed by atoms with Crippen molar-refractivity contribution < 1.29 is 9.53 Å². The van der Waals surface area contributed by atoms with Crippen LogP contribution in [0, 0.1) is 0 Å². The molecule has 2 aromatic heterocycles. The van der Waals surface area contributed by atoms with Gasteiger partial charge in [0.25, 0.3) is 5.91 Å². The van der Waals surface area contributed by atoms with Crippen LogP contribution in [0.4, 0.5) is 5.69 Å². The van der Waals surface area contributed by atoms with Crippen LogP contribution in [0.15, 0.2) is 67.1 Å². The third kappa shape index (κ3) is 3.39. The Morgan fingerprint density at radius 2 is 2.04 bits per heavy atom. The first-order valence-electron chi connectivity index (χ1n) is 9.41. The monoisotopic (exact) mass is 373 g/mol. The summed E-state index contributed by atoms with van der Waals surface area (Å²) in [5, 5.41) is 4.14. The summed E-state index contributed by atoms with van der Waals surface area (Å²) in [6, 6.07) is 15.8. The minimum absolute atomic E-state index is 0.147. The number of amides is 1. The SMILES string of the molecule is CCCn1ccc2cc(NC(=O)c3c[nH]cc3-c3cccc(OC)c3)ccc21. The summed E-state index contributed by atoms with van der Waals surface area (Å²) in [6.45, 7) is 3.15. The lowest BCUT2D eigenvalue weighted by Crippen LogP contribution is -2.12. The fourth-order valence-corrected chi connectivity index (χ4v) is 3.49. The maximum Gasteiger partial charge on any atom is 0.257 e. The Kier molecular flexibility index (Phi) is 4.89. The summed E-state index contributed by atoms with van der Waals surface area (Å²) in [4.78, 5) is 15.9. The van der Waals surface area contributed by atoms with E-state index in [1.807, 2.05) is 42.6 Å². The fourth-order valence-electron chi connectivity index (χ4n) is 3.49. The largest absolute Gasteiger partial charge is 0.497 e. The molecule has 0 radical (unpaired) electrons. The van der Waals surface area contributed by atoms with Crippen molar-refractivity contribution in [2.45, 2.75) is 19.9 Å². The lowest BCUT2D eigenvalue weighted by molar-refractivity contribution is 0.102. The molecule has 2 aromatic carbocycles. The second kappa shape index (κ2) is 7.64. The molecule has 0 saturated heterocycles. The van der Waals surface area contributed by atoms with Crippen molar-refractivity contribution in [3.05, 3.63) is 72.7 Å². The first-order valence-corrected chi connectivity index (χ1v) is 9.41. The number of anilines is 1. The van der Waals surface area contributed by atoms with E-state index in [0.29, 0.717) is 5.56 Å². The number of nitrogens with zero attached hydrogens (tertiary/aromatic N) is 1. The highest BCUT2D eigenvalue weighted by molar-refractivity contribution is 6.09. The lowest BCUT2D eigenvalue weighted by atomic mass is 10.0. The van der Waals surface area contributed by atoms with Gasteiger partial charge in [0.15, 0.2) is 0 Å². The normalized spacial score (nSPS) is 10.9. The van der Waals surface area contributed by atoms with Gasteiger partial charge in [-0.25, -0.2) is 0 Å². The summed E-state index contributed by atoms with van der Waals surface area (Å²) in [5.41, 5.74) is 4.32. The molecule has 2 heterocycles. The maximum absolute atomic E-state index is 12.9. The average Bonchev–Trinajstić information content (AvgIpc) is 3.36. The third-order valence-electron chi connectivity index (χ3n) is 4.86. The summed E-state index contributed by atoms with van der Waals surface area (Å²) in [5.74, 6) is 0.610. The Morgan fingerprint density at radius 3 is 2.86 bits per heavy atom. The number of aromatic nitrogens is 2. The third-order valence-corrected chi connectivity index (χ3v) is 4.86. The molecule has 0 aliphatic heterocycles. The Balaban J connectivity index is 1.59. The zero-order chi connectivity index (χ0) is 19.5. The number of ether oxygens (including phenoxy) is 1. The van der Waals surface area contributed by atoms with Crippen molar-refractivity contribution in [3.8, 4) is 16.9 Å². The van der Waals surface area contributed by atoms with Crippen LogP contribution in [0.25, 0.3) is 22.0 Å². The highest BCUT2D eigenvalue weighted by Crippen LogP contribution is 2.28. The molecular weight excluding hydrogens is 350 g/mol. The number of rotatable bonds is 6. The van der Waals surface area contributed by atoms with E-state index in [9.17, 15) is 4.79 Å². The molecule has 0 fully saturated rings. The fraction of sp³-hybridized carbons (Fsp3) is 0.174. The second-order valence-electron chi connectivity index (χ2n) is 6.75. The van der Waals surface area contributed by atoms with Crippen LogP contribution in [0.3, 0.4) is 0 Å². The predicted octanol–water partition coefficient (Wildman–Crippen LogP) is 5.31. The van der Waals surface area contributed by atoms with Crippen molar-refractivity contribution in [2.75, 3.05) is 12.4 Å². The van der Waals surface area contributed by atoms with Crippen LogP contribution in [-0.4, -0.2) is 22.6 Å². The van der Waals surface area contributed by atoms with Crippen molar-refractivity contribution >= 4 is 22.5 Å². The van der Waals surface area contributed by atoms with E-state index in [-0.39, 0.29) is 5.91 Å². The number of aromatic amines is 1. The quantitative estimate of drug-likeness (QED) is 0.481. The first-order chi connectivity index (χ1) is 13.7. The molecule has 5 nitrogen and oxygen atoms in total. The van der Waals surface area contributed by atoms with Gasteiger partial charge in [0.2, 0.25) is 0 Å². The van der Waals surface area contributed by atoms with Crippen molar-refractivity contribution in [2.24, 2.45) is 0 Å². The van der Waals surface area contributed by atoms with E-state index in [4.69, 9.17) is 4.74 Å². The van der Waals surface area contributed by atoms with Gasteiger partial charge in [-0.3, -0.25) is 4.79 Å². The summed E-state index contributed by atoms with van der Waals surface area (Å²) in [7, 11) is 1.63. The van der Waals surface area contributed by atoms with Gasteiger partial charge < -0.3 is 19.6 Å². The predicted molar refractivity (Wildman–Crippen MR) is 113 cm³/mol. The van der Waals surface area contributed by atoms with Crippen LogP contribution < -0.4 is 10.1 Å². The molecule has 0 spiro atoms. The van der Waals surface area contributed by atoms with Gasteiger partial charge in [-0.1, -0.05) is 19.1 Å². The summed E-state index contributed by atoms with van der Waals surface area (Å²) in [6.07, 6.45) is 6.73. The average molecular weight is 373 g/mol. The maximum atomic E-state index is 12.9. The minimum atomic E-state index is -0.147. The highest BCUT2D eigenvalue weighted by atomic mass is 16.5. The van der Waals surface area contributed by atoms with Crippen LogP contribution in [0.2, 0.25) is 0 Å². The number of aryl methyl sites for hydroxylation is 1.